The van der Waals surface area contributed by atoms with E-state index in [1.807, 2.05) is 19.1 Å². The van der Waals surface area contributed by atoms with Gasteiger partial charge < -0.3 is 10.2 Å². The summed E-state index contributed by atoms with van der Waals surface area (Å²) in [7, 11) is 1.67. The molecule has 18 heavy (non-hydrogen) atoms. The smallest absolute Gasteiger partial charge is 0.122 e. The molecule has 2 heterocycles. The van der Waals surface area contributed by atoms with Crippen molar-refractivity contribution in [1.82, 2.24) is 9.66 Å². The van der Waals surface area contributed by atoms with Crippen molar-refractivity contribution in [2.45, 2.75) is 27.3 Å². The molecule has 0 bridgehead atoms. The molecule has 0 aliphatic carbocycles. The molecular formula is C14H19N3O. The Morgan fingerprint density at radius 1 is 1.17 bits per heavy atom. The number of nitrogens with one attached hydrogen (secondary N) is 1. The summed E-state index contributed by atoms with van der Waals surface area (Å²) < 4.78 is 7.31. The SMILES string of the molecule is COc1cc(C)nc(CNn2c(C)ccc2C)c1. The standard InChI is InChI=1S/C14H19N3O/c1-10-7-14(18-4)8-13(16-10)9-15-17-11(2)5-6-12(17)3/h5-8,15H,9H2,1-4H3. The van der Waals surface area contributed by atoms with Crippen molar-refractivity contribution in [3.8, 4) is 5.75 Å². The van der Waals surface area contributed by atoms with Gasteiger partial charge >= 0.3 is 0 Å². The van der Waals surface area contributed by atoms with Crippen LogP contribution in [0.25, 0.3) is 0 Å². The van der Waals surface area contributed by atoms with Crippen molar-refractivity contribution in [3.05, 3.63) is 47.0 Å². The van der Waals surface area contributed by atoms with E-state index in [-0.39, 0.29) is 0 Å². The Hall–Kier alpha value is -1.97. The molecule has 0 spiro atoms. The van der Waals surface area contributed by atoms with Gasteiger partial charge in [0.15, 0.2) is 0 Å². The van der Waals surface area contributed by atoms with Gasteiger partial charge in [0.2, 0.25) is 0 Å². The Kier molecular flexibility index (Phi) is 3.55. The quantitative estimate of drug-likeness (QED) is 0.899. The second-order valence-electron chi connectivity index (χ2n) is 4.43. The lowest BCUT2D eigenvalue weighted by atomic mass is 10.3. The zero-order valence-electron chi connectivity index (χ0n) is 11.3. The van der Waals surface area contributed by atoms with Crippen molar-refractivity contribution in [2.75, 3.05) is 12.5 Å². The van der Waals surface area contributed by atoms with E-state index in [2.05, 4.69) is 41.1 Å². The maximum Gasteiger partial charge on any atom is 0.122 e. The van der Waals surface area contributed by atoms with Gasteiger partial charge in [-0.05, 0) is 32.9 Å². The zero-order chi connectivity index (χ0) is 13.1. The number of hydrogen-bond donors (Lipinski definition) is 1. The molecular weight excluding hydrogens is 226 g/mol. The Balaban J connectivity index is 2.13. The van der Waals surface area contributed by atoms with Crippen LogP contribution in [0.3, 0.4) is 0 Å². The minimum absolute atomic E-state index is 0.675. The third-order valence-corrected chi connectivity index (χ3v) is 2.91. The summed E-state index contributed by atoms with van der Waals surface area (Å²) in [5.41, 5.74) is 7.67. The van der Waals surface area contributed by atoms with Crippen molar-refractivity contribution >= 4 is 0 Å². The molecule has 2 rings (SSSR count). The lowest BCUT2D eigenvalue weighted by Gasteiger charge is -2.13. The maximum absolute atomic E-state index is 5.25. The van der Waals surface area contributed by atoms with E-state index in [0.717, 1.165) is 17.1 Å². The van der Waals surface area contributed by atoms with Crippen LogP contribution < -0.4 is 10.2 Å². The van der Waals surface area contributed by atoms with Crippen LogP contribution in [0.1, 0.15) is 22.8 Å². The van der Waals surface area contributed by atoms with Crippen molar-refractivity contribution in [1.29, 1.82) is 0 Å². The van der Waals surface area contributed by atoms with Crippen LogP contribution in [0.5, 0.6) is 5.75 Å². The van der Waals surface area contributed by atoms with E-state index in [0.29, 0.717) is 6.54 Å². The Morgan fingerprint density at radius 3 is 2.44 bits per heavy atom. The average Bonchev–Trinajstić information content (AvgIpc) is 2.66. The minimum Gasteiger partial charge on any atom is -0.497 e. The first-order chi connectivity index (χ1) is 8.60. The monoisotopic (exact) mass is 245 g/mol. The van der Waals surface area contributed by atoms with Gasteiger partial charge in [-0.25, -0.2) is 0 Å². The van der Waals surface area contributed by atoms with Gasteiger partial charge in [0.1, 0.15) is 5.75 Å². The highest BCUT2D eigenvalue weighted by molar-refractivity contribution is 5.27. The Labute approximate surface area is 108 Å². The average molecular weight is 245 g/mol. The third kappa shape index (κ3) is 2.64. The van der Waals surface area contributed by atoms with Crippen LogP contribution in [0, 0.1) is 20.8 Å². The Bertz CT molecular complexity index is 526. The number of aryl methyl sites for hydroxylation is 3. The van der Waals surface area contributed by atoms with Gasteiger partial charge in [0.25, 0.3) is 0 Å². The molecule has 0 saturated carbocycles. The van der Waals surface area contributed by atoms with Crippen LogP contribution in [0.15, 0.2) is 24.3 Å². The molecule has 0 atom stereocenters. The fourth-order valence-electron chi connectivity index (χ4n) is 1.99. The van der Waals surface area contributed by atoms with Crippen LogP contribution >= 0.6 is 0 Å². The van der Waals surface area contributed by atoms with Crippen molar-refractivity contribution in [2.24, 2.45) is 0 Å². The van der Waals surface area contributed by atoms with Gasteiger partial charge in [-0.3, -0.25) is 9.66 Å². The second-order valence-corrected chi connectivity index (χ2v) is 4.43. The molecule has 4 nitrogen and oxygen atoms in total. The summed E-state index contributed by atoms with van der Waals surface area (Å²) in [4.78, 5) is 4.48. The fourth-order valence-corrected chi connectivity index (χ4v) is 1.99. The number of methoxy groups -OCH3 is 1. The van der Waals surface area contributed by atoms with Crippen LogP contribution in [0.2, 0.25) is 0 Å². The van der Waals surface area contributed by atoms with Gasteiger partial charge in [-0.2, -0.15) is 0 Å². The van der Waals surface area contributed by atoms with E-state index < -0.39 is 0 Å². The third-order valence-electron chi connectivity index (χ3n) is 2.91. The van der Waals surface area contributed by atoms with Crippen molar-refractivity contribution < 1.29 is 4.74 Å². The number of rotatable bonds is 4. The highest BCUT2D eigenvalue weighted by Gasteiger charge is 2.03. The summed E-state index contributed by atoms with van der Waals surface area (Å²) in [6, 6.07) is 8.06. The fraction of sp³-hybridized carbons (Fsp3) is 0.357. The number of ether oxygens (including phenoxy) is 1. The van der Waals surface area contributed by atoms with Gasteiger partial charge in [0.05, 0.1) is 19.3 Å². The molecule has 2 aromatic rings. The summed E-state index contributed by atoms with van der Waals surface area (Å²) in [5, 5.41) is 0. The molecule has 1 N–H and O–H groups in total. The molecule has 0 aliphatic rings. The summed E-state index contributed by atoms with van der Waals surface area (Å²) >= 11 is 0. The largest absolute Gasteiger partial charge is 0.497 e. The van der Waals surface area contributed by atoms with E-state index in [9.17, 15) is 0 Å². The predicted molar refractivity (Wildman–Crippen MR) is 72.5 cm³/mol. The molecule has 0 aliphatic heterocycles. The normalized spacial score (nSPS) is 10.4. The predicted octanol–water partition coefficient (Wildman–Crippen LogP) is 2.56. The lowest BCUT2D eigenvalue weighted by molar-refractivity contribution is 0.413. The molecule has 0 fully saturated rings. The van der Waals surface area contributed by atoms with E-state index in [1.54, 1.807) is 7.11 Å². The molecule has 0 amide bonds. The molecule has 0 radical (unpaired) electrons. The maximum atomic E-state index is 5.25. The minimum atomic E-state index is 0.675. The number of pyridine rings is 1. The number of nitrogens with zero attached hydrogens (tertiary/aromatic N) is 2. The van der Waals surface area contributed by atoms with Gasteiger partial charge in [0, 0.05) is 29.2 Å². The highest BCUT2D eigenvalue weighted by Crippen LogP contribution is 2.13. The zero-order valence-corrected chi connectivity index (χ0v) is 11.3. The number of hydrogen-bond acceptors (Lipinski definition) is 3. The molecule has 4 heteroatoms. The van der Waals surface area contributed by atoms with E-state index in [4.69, 9.17) is 4.74 Å². The van der Waals surface area contributed by atoms with Crippen LogP contribution in [0.4, 0.5) is 0 Å². The lowest BCUT2D eigenvalue weighted by Crippen LogP contribution is -2.17. The molecule has 96 valence electrons. The molecule has 2 aromatic heterocycles. The first kappa shape index (κ1) is 12.5. The number of aromatic nitrogens is 2. The topological polar surface area (TPSA) is 39.1 Å². The summed E-state index contributed by atoms with van der Waals surface area (Å²) in [5.74, 6) is 0.847. The van der Waals surface area contributed by atoms with Gasteiger partial charge in [-0.15, -0.1) is 0 Å². The highest BCUT2D eigenvalue weighted by atomic mass is 16.5. The second kappa shape index (κ2) is 5.12. The van der Waals surface area contributed by atoms with Gasteiger partial charge in [-0.1, -0.05) is 0 Å². The first-order valence-corrected chi connectivity index (χ1v) is 6.00. The molecule has 0 unspecified atom stereocenters. The van der Waals surface area contributed by atoms with E-state index in [1.165, 1.54) is 11.4 Å². The Morgan fingerprint density at radius 2 is 1.83 bits per heavy atom. The van der Waals surface area contributed by atoms with E-state index >= 15 is 0 Å². The molecule has 0 saturated heterocycles. The summed E-state index contributed by atoms with van der Waals surface area (Å²) in [6.45, 7) is 6.79. The van der Waals surface area contributed by atoms with Crippen molar-refractivity contribution in [3.63, 3.8) is 0 Å². The first-order valence-electron chi connectivity index (χ1n) is 6.00. The summed E-state index contributed by atoms with van der Waals surface area (Å²) in [6.07, 6.45) is 0. The molecule has 0 aromatic carbocycles. The van der Waals surface area contributed by atoms with Crippen LogP contribution in [-0.2, 0) is 6.54 Å². The van der Waals surface area contributed by atoms with Crippen LogP contribution in [-0.4, -0.2) is 16.8 Å².